The Bertz CT molecular complexity index is 1100. The van der Waals surface area contributed by atoms with E-state index in [-0.39, 0.29) is 11.5 Å². The van der Waals surface area contributed by atoms with E-state index >= 15 is 0 Å². The van der Waals surface area contributed by atoms with Gasteiger partial charge in [-0.05, 0) is 48.5 Å². The van der Waals surface area contributed by atoms with E-state index in [0.29, 0.717) is 35.1 Å². The molecule has 2 aromatic carbocycles. The zero-order chi connectivity index (χ0) is 21.8. The maximum absolute atomic E-state index is 12.5. The number of carboxylic acids is 1. The molecule has 0 radical (unpaired) electrons. The highest BCUT2D eigenvalue weighted by Gasteiger charge is 2.22. The first-order chi connectivity index (χ1) is 15.0. The van der Waals surface area contributed by atoms with Gasteiger partial charge in [-0.1, -0.05) is 23.7 Å². The van der Waals surface area contributed by atoms with E-state index in [2.05, 4.69) is 15.2 Å². The zero-order valence-corrected chi connectivity index (χ0v) is 17.4. The van der Waals surface area contributed by atoms with Crippen LogP contribution < -0.4 is 15.1 Å². The molecule has 0 bridgehead atoms. The molecule has 1 aromatic heterocycles. The van der Waals surface area contributed by atoms with Crippen molar-refractivity contribution in [1.29, 1.82) is 0 Å². The summed E-state index contributed by atoms with van der Waals surface area (Å²) in [6.45, 7) is 2.82. The van der Waals surface area contributed by atoms with E-state index in [1.165, 1.54) is 6.07 Å². The summed E-state index contributed by atoms with van der Waals surface area (Å²) < 4.78 is 0. The number of hydrogen-bond acceptors (Lipinski definition) is 5. The Labute approximate surface area is 184 Å². The molecule has 1 aliphatic heterocycles. The van der Waals surface area contributed by atoms with Gasteiger partial charge in [-0.15, -0.1) is 0 Å². The predicted molar refractivity (Wildman–Crippen MR) is 121 cm³/mol. The molecule has 1 amide bonds. The first kappa shape index (κ1) is 20.7. The van der Waals surface area contributed by atoms with Crippen molar-refractivity contribution in [2.24, 2.45) is 0 Å². The van der Waals surface area contributed by atoms with Crippen molar-refractivity contribution in [1.82, 2.24) is 4.98 Å². The second kappa shape index (κ2) is 9.06. The molecule has 0 spiro atoms. The summed E-state index contributed by atoms with van der Waals surface area (Å²) in [5.74, 6) is -0.476. The molecule has 1 saturated heterocycles. The predicted octanol–water partition coefficient (Wildman–Crippen LogP) is 4.01. The van der Waals surface area contributed by atoms with Gasteiger partial charge in [0, 0.05) is 48.6 Å². The number of benzene rings is 2. The SMILES string of the molecule is O=C(Nc1ccc(N2CCN(c3ccccn3)CC2)c(C(=O)O)c1)c1cccc(Cl)c1. The van der Waals surface area contributed by atoms with Crippen LogP contribution in [0.5, 0.6) is 0 Å². The Morgan fingerprint density at radius 2 is 1.71 bits per heavy atom. The van der Waals surface area contributed by atoms with Crippen molar-refractivity contribution in [2.75, 3.05) is 41.3 Å². The summed E-state index contributed by atoms with van der Waals surface area (Å²) in [6.07, 6.45) is 1.76. The number of piperazine rings is 1. The molecule has 2 N–H and O–H groups in total. The van der Waals surface area contributed by atoms with E-state index < -0.39 is 5.97 Å². The number of pyridine rings is 1. The largest absolute Gasteiger partial charge is 0.478 e. The third-order valence-corrected chi connectivity index (χ3v) is 5.40. The minimum atomic E-state index is -1.04. The molecule has 2 heterocycles. The number of hydrogen-bond donors (Lipinski definition) is 2. The number of carbonyl (C=O) groups excluding carboxylic acids is 1. The minimum Gasteiger partial charge on any atom is -0.478 e. The standard InChI is InChI=1S/C23H21ClN4O3/c24-17-5-3-4-16(14-17)22(29)26-18-7-8-20(19(15-18)23(30)31)27-10-12-28(13-11-27)21-6-1-2-9-25-21/h1-9,14-15H,10-13H2,(H,26,29)(H,30,31). The Kier molecular flexibility index (Phi) is 6.04. The first-order valence-electron chi connectivity index (χ1n) is 9.86. The Hall–Kier alpha value is -3.58. The summed E-state index contributed by atoms with van der Waals surface area (Å²) in [5.41, 5.74) is 1.60. The minimum absolute atomic E-state index is 0.148. The van der Waals surface area contributed by atoms with Gasteiger partial charge in [0.2, 0.25) is 0 Å². The quantitative estimate of drug-likeness (QED) is 0.628. The molecule has 1 aliphatic rings. The lowest BCUT2D eigenvalue weighted by atomic mass is 10.1. The maximum Gasteiger partial charge on any atom is 0.337 e. The maximum atomic E-state index is 12.5. The monoisotopic (exact) mass is 436 g/mol. The van der Waals surface area contributed by atoms with Crippen LogP contribution in [0.3, 0.4) is 0 Å². The van der Waals surface area contributed by atoms with E-state index in [9.17, 15) is 14.7 Å². The van der Waals surface area contributed by atoms with E-state index in [1.807, 2.05) is 23.1 Å². The third-order valence-electron chi connectivity index (χ3n) is 5.17. The van der Waals surface area contributed by atoms with Crippen LogP contribution in [0.25, 0.3) is 0 Å². The molecule has 0 aliphatic carbocycles. The van der Waals surface area contributed by atoms with Crippen molar-refractivity contribution >= 4 is 40.7 Å². The van der Waals surface area contributed by atoms with Crippen LogP contribution in [0, 0.1) is 0 Å². The zero-order valence-electron chi connectivity index (χ0n) is 16.7. The van der Waals surface area contributed by atoms with Gasteiger partial charge in [-0.25, -0.2) is 9.78 Å². The van der Waals surface area contributed by atoms with E-state index in [4.69, 9.17) is 11.6 Å². The van der Waals surface area contributed by atoms with Crippen molar-refractivity contribution < 1.29 is 14.7 Å². The lowest BCUT2D eigenvalue weighted by molar-refractivity contribution is 0.0697. The van der Waals surface area contributed by atoms with Crippen LogP contribution in [-0.4, -0.2) is 48.1 Å². The molecule has 8 heteroatoms. The second-order valence-corrected chi connectivity index (χ2v) is 7.60. The molecule has 158 valence electrons. The number of amides is 1. The highest BCUT2D eigenvalue weighted by atomic mass is 35.5. The van der Waals surface area contributed by atoms with E-state index in [1.54, 1.807) is 42.6 Å². The molecule has 31 heavy (non-hydrogen) atoms. The lowest BCUT2D eigenvalue weighted by Gasteiger charge is -2.37. The first-order valence-corrected chi connectivity index (χ1v) is 10.2. The van der Waals surface area contributed by atoms with Crippen LogP contribution in [0.4, 0.5) is 17.2 Å². The molecule has 7 nitrogen and oxygen atoms in total. The molecular weight excluding hydrogens is 416 g/mol. The Balaban J connectivity index is 1.49. The molecular formula is C23H21ClN4O3. The van der Waals surface area contributed by atoms with Gasteiger partial charge in [0.05, 0.1) is 11.3 Å². The van der Waals surface area contributed by atoms with Crippen molar-refractivity contribution in [3.05, 3.63) is 83.0 Å². The van der Waals surface area contributed by atoms with E-state index in [0.717, 1.165) is 18.9 Å². The number of carbonyl (C=O) groups is 2. The summed E-state index contributed by atoms with van der Waals surface area (Å²) >= 11 is 5.94. The molecule has 0 saturated carbocycles. The van der Waals surface area contributed by atoms with Crippen LogP contribution in [-0.2, 0) is 0 Å². The van der Waals surface area contributed by atoms with Crippen LogP contribution in [0.1, 0.15) is 20.7 Å². The number of nitrogens with one attached hydrogen (secondary N) is 1. The van der Waals surface area contributed by atoms with Gasteiger partial charge in [0.25, 0.3) is 5.91 Å². The third kappa shape index (κ3) is 4.78. The molecule has 0 atom stereocenters. The fraction of sp³-hybridized carbons (Fsp3) is 0.174. The average molecular weight is 437 g/mol. The van der Waals surface area contributed by atoms with Crippen LogP contribution >= 0.6 is 11.6 Å². The van der Waals surface area contributed by atoms with Crippen molar-refractivity contribution in [2.45, 2.75) is 0 Å². The number of aromatic carboxylic acids is 1. The van der Waals surface area contributed by atoms with Gasteiger partial charge in [0.15, 0.2) is 0 Å². The van der Waals surface area contributed by atoms with Gasteiger partial charge in [-0.2, -0.15) is 0 Å². The van der Waals surface area contributed by atoms with Gasteiger partial charge in [0.1, 0.15) is 5.82 Å². The normalized spacial score (nSPS) is 13.7. The highest BCUT2D eigenvalue weighted by molar-refractivity contribution is 6.31. The summed E-state index contributed by atoms with van der Waals surface area (Å²) in [6, 6.07) is 17.3. The fourth-order valence-corrected chi connectivity index (χ4v) is 3.80. The van der Waals surface area contributed by atoms with Crippen LogP contribution in [0.2, 0.25) is 5.02 Å². The Morgan fingerprint density at radius 3 is 2.39 bits per heavy atom. The molecule has 0 unspecified atom stereocenters. The second-order valence-electron chi connectivity index (χ2n) is 7.16. The smallest absolute Gasteiger partial charge is 0.337 e. The Morgan fingerprint density at radius 1 is 0.935 bits per heavy atom. The summed E-state index contributed by atoms with van der Waals surface area (Å²) in [5, 5.41) is 13.0. The van der Waals surface area contributed by atoms with Crippen molar-refractivity contribution in [3.8, 4) is 0 Å². The molecule has 4 rings (SSSR count). The number of aromatic nitrogens is 1. The average Bonchev–Trinajstić information content (AvgIpc) is 2.80. The summed E-state index contributed by atoms with van der Waals surface area (Å²) in [7, 11) is 0. The van der Waals surface area contributed by atoms with Gasteiger partial charge < -0.3 is 20.2 Å². The molecule has 3 aromatic rings. The topological polar surface area (TPSA) is 85.8 Å². The van der Waals surface area contributed by atoms with Crippen LogP contribution in [0.15, 0.2) is 66.9 Å². The van der Waals surface area contributed by atoms with Gasteiger partial charge in [-0.3, -0.25) is 4.79 Å². The van der Waals surface area contributed by atoms with Crippen molar-refractivity contribution in [3.63, 3.8) is 0 Å². The lowest BCUT2D eigenvalue weighted by Crippen LogP contribution is -2.47. The molecule has 1 fully saturated rings. The highest BCUT2D eigenvalue weighted by Crippen LogP contribution is 2.27. The number of halogens is 1. The number of rotatable bonds is 5. The number of nitrogens with zero attached hydrogens (tertiary/aromatic N) is 3. The number of anilines is 3. The summed E-state index contributed by atoms with van der Waals surface area (Å²) in [4.78, 5) is 33.0. The number of carboxylic acid groups (broad SMARTS) is 1. The fourth-order valence-electron chi connectivity index (χ4n) is 3.61. The van der Waals surface area contributed by atoms with Gasteiger partial charge >= 0.3 is 5.97 Å².